The minimum Gasteiger partial charge on any atom is -0.342 e. The highest BCUT2D eigenvalue weighted by Crippen LogP contribution is 2.31. The van der Waals surface area contributed by atoms with Crippen LogP contribution in [0, 0.1) is 12.8 Å². The molecule has 0 aliphatic carbocycles. The van der Waals surface area contributed by atoms with E-state index in [9.17, 15) is 4.79 Å². The molecule has 2 aromatic carbocycles. The van der Waals surface area contributed by atoms with E-state index in [1.54, 1.807) is 0 Å². The van der Waals surface area contributed by atoms with Crippen LogP contribution < -0.4 is 0 Å². The van der Waals surface area contributed by atoms with Crippen molar-refractivity contribution in [2.75, 3.05) is 18.8 Å². The number of benzene rings is 2. The van der Waals surface area contributed by atoms with Crippen LogP contribution in [0.25, 0.3) is 17.1 Å². The van der Waals surface area contributed by atoms with Gasteiger partial charge in [-0.15, -0.1) is 10.2 Å². The number of piperidine rings is 1. The van der Waals surface area contributed by atoms with Crippen molar-refractivity contribution < 1.29 is 4.79 Å². The fraction of sp³-hybridized carbons (Fsp3) is 0.444. The average Bonchev–Trinajstić information content (AvgIpc) is 3.21. The minimum absolute atomic E-state index is 0.0928. The summed E-state index contributed by atoms with van der Waals surface area (Å²) in [6.45, 7) is 12.7. The van der Waals surface area contributed by atoms with Crippen molar-refractivity contribution >= 4 is 17.7 Å². The second-order valence-electron chi connectivity index (χ2n) is 10.1. The van der Waals surface area contributed by atoms with E-state index in [0.717, 1.165) is 47.3 Å². The van der Waals surface area contributed by atoms with Crippen molar-refractivity contribution in [1.29, 1.82) is 0 Å². The van der Waals surface area contributed by atoms with E-state index < -0.39 is 0 Å². The van der Waals surface area contributed by atoms with Crippen LogP contribution >= 0.6 is 11.8 Å². The lowest BCUT2D eigenvalue weighted by Crippen LogP contribution is -2.40. The van der Waals surface area contributed by atoms with Crippen LogP contribution in [-0.4, -0.2) is 44.4 Å². The number of para-hydroxylation sites is 1. The van der Waals surface area contributed by atoms with E-state index in [1.165, 1.54) is 23.7 Å². The molecular formula is C27H34N4OS. The number of aromatic nitrogens is 3. The van der Waals surface area contributed by atoms with E-state index in [-0.39, 0.29) is 11.3 Å². The van der Waals surface area contributed by atoms with Gasteiger partial charge < -0.3 is 4.90 Å². The topological polar surface area (TPSA) is 51.0 Å². The van der Waals surface area contributed by atoms with Crippen LogP contribution in [0.4, 0.5) is 0 Å². The number of likely N-dealkylation sites (tertiary alicyclic amines) is 1. The number of hydrogen-bond donors (Lipinski definition) is 0. The standard InChI is InChI=1S/C27H34N4OS/c1-19-9-8-16-30(17-19)24(32)18-33-26-29-28-25(31(26)23-11-7-6-10-20(23)2)21-12-14-22(15-13-21)27(3,4)5/h6-7,10-15,19H,8-9,16-18H2,1-5H3/t19-/m0/s1. The highest BCUT2D eigenvalue weighted by Gasteiger charge is 2.23. The van der Waals surface area contributed by atoms with Crippen LogP contribution in [0.3, 0.4) is 0 Å². The molecule has 6 heteroatoms. The van der Waals surface area contributed by atoms with Gasteiger partial charge in [-0.1, -0.05) is 81.9 Å². The average molecular weight is 463 g/mol. The maximum atomic E-state index is 12.9. The summed E-state index contributed by atoms with van der Waals surface area (Å²) in [5.41, 5.74) is 4.57. The molecule has 1 atom stereocenters. The van der Waals surface area contributed by atoms with Gasteiger partial charge in [0, 0.05) is 18.7 Å². The molecule has 0 N–H and O–H groups in total. The first-order valence-electron chi connectivity index (χ1n) is 11.8. The largest absolute Gasteiger partial charge is 0.342 e. The van der Waals surface area contributed by atoms with Gasteiger partial charge in [0.1, 0.15) is 0 Å². The molecule has 5 nitrogen and oxygen atoms in total. The van der Waals surface area contributed by atoms with E-state index in [4.69, 9.17) is 0 Å². The molecule has 1 aliphatic heterocycles. The predicted octanol–water partition coefficient (Wildman–Crippen LogP) is 5.89. The number of carbonyl (C=O) groups is 1. The lowest BCUT2D eigenvalue weighted by atomic mass is 9.87. The maximum Gasteiger partial charge on any atom is 0.233 e. The van der Waals surface area contributed by atoms with E-state index in [0.29, 0.717) is 11.7 Å². The van der Waals surface area contributed by atoms with E-state index in [1.807, 2.05) is 17.0 Å². The summed E-state index contributed by atoms with van der Waals surface area (Å²) in [5, 5.41) is 9.83. The monoisotopic (exact) mass is 462 g/mol. The molecule has 0 saturated carbocycles. The third-order valence-electron chi connectivity index (χ3n) is 6.33. The van der Waals surface area contributed by atoms with Gasteiger partial charge in [0.2, 0.25) is 5.91 Å². The Morgan fingerprint density at radius 2 is 1.82 bits per heavy atom. The van der Waals surface area contributed by atoms with Gasteiger partial charge in [0.05, 0.1) is 11.4 Å². The second-order valence-corrected chi connectivity index (χ2v) is 11.1. The second kappa shape index (κ2) is 9.72. The highest BCUT2D eigenvalue weighted by molar-refractivity contribution is 7.99. The van der Waals surface area contributed by atoms with Crippen molar-refractivity contribution in [1.82, 2.24) is 19.7 Å². The van der Waals surface area contributed by atoms with Gasteiger partial charge in [-0.2, -0.15) is 0 Å². The van der Waals surface area contributed by atoms with Gasteiger partial charge in [0.25, 0.3) is 0 Å². The molecule has 0 radical (unpaired) electrons. The van der Waals surface area contributed by atoms with Gasteiger partial charge >= 0.3 is 0 Å². The third kappa shape index (κ3) is 5.32. The van der Waals surface area contributed by atoms with Gasteiger partial charge in [-0.05, 0) is 48.3 Å². The molecule has 1 saturated heterocycles. The minimum atomic E-state index is 0.0928. The molecule has 1 amide bonds. The molecule has 33 heavy (non-hydrogen) atoms. The Morgan fingerprint density at radius 1 is 1.09 bits per heavy atom. The number of hydrogen-bond acceptors (Lipinski definition) is 4. The first-order chi connectivity index (χ1) is 15.7. The zero-order valence-corrected chi connectivity index (χ0v) is 21.2. The molecule has 1 aromatic heterocycles. The molecule has 1 fully saturated rings. The predicted molar refractivity (Wildman–Crippen MR) is 136 cm³/mol. The molecule has 2 heterocycles. The van der Waals surface area contributed by atoms with E-state index in [2.05, 4.69) is 85.8 Å². The molecule has 0 spiro atoms. The Balaban J connectivity index is 1.65. The van der Waals surface area contributed by atoms with Crippen molar-refractivity contribution in [3.8, 4) is 17.1 Å². The van der Waals surface area contributed by atoms with Crippen molar-refractivity contribution in [2.45, 2.75) is 58.0 Å². The zero-order valence-electron chi connectivity index (χ0n) is 20.3. The summed E-state index contributed by atoms with van der Waals surface area (Å²) in [6, 6.07) is 16.8. The lowest BCUT2D eigenvalue weighted by Gasteiger charge is -2.30. The van der Waals surface area contributed by atoms with Gasteiger partial charge in [0.15, 0.2) is 11.0 Å². The summed E-state index contributed by atoms with van der Waals surface area (Å²) in [4.78, 5) is 14.9. The highest BCUT2D eigenvalue weighted by atomic mass is 32.2. The Kier molecular flexibility index (Phi) is 6.94. The molecule has 0 unspecified atom stereocenters. The fourth-order valence-electron chi connectivity index (χ4n) is 4.33. The molecule has 1 aliphatic rings. The Labute approximate surface area is 201 Å². The smallest absolute Gasteiger partial charge is 0.233 e. The van der Waals surface area contributed by atoms with E-state index >= 15 is 0 Å². The van der Waals surface area contributed by atoms with Gasteiger partial charge in [-0.3, -0.25) is 9.36 Å². The number of nitrogens with zero attached hydrogens (tertiary/aromatic N) is 4. The summed E-state index contributed by atoms with van der Waals surface area (Å²) in [7, 11) is 0. The van der Waals surface area contributed by atoms with Crippen LogP contribution in [-0.2, 0) is 10.2 Å². The molecule has 3 aromatic rings. The number of aryl methyl sites for hydroxylation is 1. The Bertz CT molecular complexity index is 1110. The Hall–Kier alpha value is -2.60. The lowest BCUT2D eigenvalue weighted by molar-refractivity contribution is -0.130. The molecule has 174 valence electrons. The van der Waals surface area contributed by atoms with Gasteiger partial charge in [-0.25, -0.2) is 0 Å². The molecule has 0 bridgehead atoms. The number of rotatable bonds is 5. The van der Waals surface area contributed by atoms with Crippen molar-refractivity contribution in [3.05, 3.63) is 59.7 Å². The summed E-state index contributed by atoms with van der Waals surface area (Å²) < 4.78 is 2.10. The Morgan fingerprint density at radius 3 is 2.48 bits per heavy atom. The van der Waals surface area contributed by atoms with Crippen LogP contribution in [0.2, 0.25) is 0 Å². The van der Waals surface area contributed by atoms with Crippen LogP contribution in [0.1, 0.15) is 51.7 Å². The summed E-state index contributed by atoms with van der Waals surface area (Å²) in [5.74, 6) is 1.93. The summed E-state index contributed by atoms with van der Waals surface area (Å²) in [6.07, 6.45) is 2.29. The SMILES string of the molecule is Cc1ccccc1-n1c(SCC(=O)N2CCC[C@H](C)C2)nnc1-c1ccc(C(C)(C)C)cc1. The fourth-order valence-corrected chi connectivity index (χ4v) is 5.18. The van der Waals surface area contributed by atoms with Crippen LogP contribution in [0.15, 0.2) is 53.7 Å². The normalized spacial score (nSPS) is 16.8. The van der Waals surface area contributed by atoms with Crippen molar-refractivity contribution in [3.63, 3.8) is 0 Å². The number of carbonyl (C=O) groups excluding carboxylic acids is 1. The zero-order chi connectivity index (χ0) is 23.6. The quantitative estimate of drug-likeness (QED) is 0.444. The van der Waals surface area contributed by atoms with Crippen LogP contribution in [0.5, 0.6) is 0 Å². The third-order valence-corrected chi connectivity index (χ3v) is 7.25. The van der Waals surface area contributed by atoms with Crippen molar-refractivity contribution in [2.24, 2.45) is 5.92 Å². The summed E-state index contributed by atoms with van der Waals surface area (Å²) >= 11 is 1.47. The number of thioether (sulfide) groups is 1. The number of amides is 1. The first kappa shape index (κ1) is 23.6. The first-order valence-corrected chi connectivity index (χ1v) is 12.8. The molecular weight excluding hydrogens is 428 g/mol. The maximum absolute atomic E-state index is 12.9. The molecule has 4 rings (SSSR count).